The summed E-state index contributed by atoms with van der Waals surface area (Å²) in [5.41, 5.74) is 1.17. The molecule has 3 rings (SSSR count). The van der Waals surface area contributed by atoms with Gasteiger partial charge in [-0.2, -0.15) is 0 Å². The molecule has 0 spiro atoms. The maximum absolute atomic E-state index is 12.7. The van der Waals surface area contributed by atoms with Gasteiger partial charge in [0.25, 0.3) is 5.91 Å². The number of hydrogen-bond acceptors (Lipinski definition) is 4. The van der Waals surface area contributed by atoms with E-state index in [-0.39, 0.29) is 17.4 Å². The first-order chi connectivity index (χ1) is 14.1. The summed E-state index contributed by atoms with van der Waals surface area (Å²) in [5.74, 6) is 0.0336. The number of piperazine rings is 1. The second-order valence-corrected chi connectivity index (χ2v) is 11.2. The lowest BCUT2D eigenvalue weighted by Gasteiger charge is -2.40. The van der Waals surface area contributed by atoms with E-state index in [1.807, 2.05) is 37.3 Å². The van der Waals surface area contributed by atoms with Crippen LogP contribution in [-0.4, -0.2) is 54.5 Å². The fourth-order valence-electron chi connectivity index (χ4n) is 3.61. The molecule has 1 aliphatic heterocycles. The van der Waals surface area contributed by atoms with Crippen molar-refractivity contribution in [2.75, 3.05) is 32.7 Å². The maximum Gasteiger partial charge on any atom is 0.261 e. The molecule has 0 radical (unpaired) electrons. The largest absolute Gasteiger partial charge is 0.347 e. The van der Waals surface area contributed by atoms with E-state index in [0.717, 1.165) is 49.0 Å². The average Bonchev–Trinajstić information content (AvgIpc) is 3.11. The van der Waals surface area contributed by atoms with E-state index in [9.17, 15) is 4.79 Å². The summed E-state index contributed by atoms with van der Waals surface area (Å²) >= 11 is 13.7. The Hall–Kier alpha value is -1.11. The lowest BCUT2D eigenvalue weighted by atomic mass is 9.86. The fraction of sp³-hybridized carbons (Fsp3) is 0.522. The molecule has 1 amide bonds. The van der Waals surface area contributed by atoms with Crippen molar-refractivity contribution in [1.82, 2.24) is 15.1 Å². The standard InChI is InChI=1S/C23H31Cl2N3OS/c1-16-5-8-20(30-16)22(29)26-21(23(2,3)4)15-28-11-9-27(10-12-28)14-17-6-7-18(24)19(25)13-17/h5-8,13,21H,9-12,14-15H2,1-4H3,(H,26,29)/t21-/m1/s1. The smallest absolute Gasteiger partial charge is 0.261 e. The summed E-state index contributed by atoms with van der Waals surface area (Å²) in [6.45, 7) is 14.3. The van der Waals surface area contributed by atoms with Crippen LogP contribution in [-0.2, 0) is 6.54 Å². The summed E-state index contributed by atoms with van der Waals surface area (Å²) in [6, 6.07) is 9.86. The van der Waals surface area contributed by atoms with Crippen LogP contribution in [0.4, 0.5) is 0 Å². The molecule has 0 aliphatic carbocycles. The Morgan fingerprint density at radius 1 is 1.07 bits per heavy atom. The van der Waals surface area contributed by atoms with E-state index in [1.165, 1.54) is 5.56 Å². The summed E-state index contributed by atoms with van der Waals surface area (Å²) in [5, 5.41) is 4.49. The van der Waals surface area contributed by atoms with Gasteiger partial charge in [0.15, 0.2) is 0 Å². The predicted octanol–water partition coefficient (Wildman–Crippen LogP) is 5.33. The molecule has 2 heterocycles. The third kappa shape index (κ3) is 6.44. The number of aryl methyl sites for hydroxylation is 1. The zero-order valence-electron chi connectivity index (χ0n) is 18.2. The van der Waals surface area contributed by atoms with Gasteiger partial charge in [0.05, 0.1) is 14.9 Å². The summed E-state index contributed by atoms with van der Waals surface area (Å²) in [7, 11) is 0. The highest BCUT2D eigenvalue weighted by Crippen LogP contribution is 2.25. The second kappa shape index (κ2) is 10.0. The molecule has 2 aromatic rings. The number of nitrogens with zero attached hydrogens (tertiary/aromatic N) is 2. The lowest BCUT2D eigenvalue weighted by molar-refractivity contribution is 0.0793. The Morgan fingerprint density at radius 2 is 1.73 bits per heavy atom. The minimum absolute atomic E-state index is 0.0147. The number of halogens is 2. The van der Waals surface area contributed by atoms with Crippen molar-refractivity contribution in [2.45, 2.75) is 40.3 Å². The van der Waals surface area contributed by atoms with Gasteiger partial charge in [0.1, 0.15) is 0 Å². The lowest BCUT2D eigenvalue weighted by Crippen LogP contribution is -2.54. The van der Waals surface area contributed by atoms with Crippen molar-refractivity contribution in [1.29, 1.82) is 0 Å². The predicted molar refractivity (Wildman–Crippen MR) is 128 cm³/mol. The van der Waals surface area contributed by atoms with Gasteiger partial charge >= 0.3 is 0 Å². The molecule has 7 heteroatoms. The van der Waals surface area contributed by atoms with E-state index >= 15 is 0 Å². The van der Waals surface area contributed by atoms with Crippen molar-refractivity contribution < 1.29 is 4.79 Å². The summed E-state index contributed by atoms with van der Waals surface area (Å²) in [4.78, 5) is 19.6. The summed E-state index contributed by atoms with van der Waals surface area (Å²) in [6.07, 6.45) is 0. The first kappa shape index (κ1) is 23.6. The number of carbonyl (C=O) groups excluding carboxylic acids is 1. The van der Waals surface area contributed by atoms with Crippen LogP contribution in [0.5, 0.6) is 0 Å². The Balaban J connectivity index is 1.54. The van der Waals surface area contributed by atoms with Gasteiger partial charge in [-0.05, 0) is 42.2 Å². The van der Waals surface area contributed by atoms with Crippen LogP contribution in [0, 0.1) is 12.3 Å². The Labute approximate surface area is 194 Å². The monoisotopic (exact) mass is 467 g/mol. The third-order valence-electron chi connectivity index (χ3n) is 5.61. The highest BCUT2D eigenvalue weighted by molar-refractivity contribution is 7.13. The Bertz CT molecular complexity index is 870. The van der Waals surface area contributed by atoms with E-state index in [0.29, 0.717) is 10.0 Å². The number of thiophene rings is 1. The molecule has 1 fully saturated rings. The molecule has 30 heavy (non-hydrogen) atoms. The van der Waals surface area contributed by atoms with Crippen molar-refractivity contribution in [3.05, 3.63) is 55.7 Å². The Morgan fingerprint density at radius 3 is 2.30 bits per heavy atom. The van der Waals surface area contributed by atoms with Gasteiger partial charge < -0.3 is 5.32 Å². The van der Waals surface area contributed by atoms with Crippen molar-refractivity contribution in [2.24, 2.45) is 5.41 Å². The van der Waals surface area contributed by atoms with Crippen molar-refractivity contribution in [3.8, 4) is 0 Å². The molecule has 1 saturated heterocycles. The molecular formula is C23H31Cl2N3OS. The van der Waals surface area contributed by atoms with Crippen LogP contribution in [0.15, 0.2) is 30.3 Å². The van der Waals surface area contributed by atoms with Crippen LogP contribution in [0.1, 0.15) is 40.9 Å². The van der Waals surface area contributed by atoms with E-state index in [1.54, 1.807) is 11.3 Å². The SMILES string of the molecule is Cc1ccc(C(=O)N[C@H](CN2CCN(Cc3ccc(Cl)c(Cl)c3)CC2)C(C)(C)C)s1. The van der Waals surface area contributed by atoms with Crippen molar-refractivity contribution in [3.63, 3.8) is 0 Å². The third-order valence-corrected chi connectivity index (χ3v) is 7.35. The topological polar surface area (TPSA) is 35.6 Å². The molecule has 164 valence electrons. The molecule has 4 nitrogen and oxygen atoms in total. The van der Waals surface area contributed by atoms with Gasteiger partial charge in [-0.25, -0.2) is 0 Å². The van der Waals surface area contributed by atoms with Gasteiger partial charge in [-0.3, -0.25) is 14.6 Å². The average molecular weight is 468 g/mol. The molecule has 0 saturated carbocycles. The highest BCUT2D eigenvalue weighted by Gasteiger charge is 2.30. The number of hydrogen-bond donors (Lipinski definition) is 1. The van der Waals surface area contributed by atoms with Gasteiger partial charge in [0.2, 0.25) is 0 Å². The first-order valence-electron chi connectivity index (χ1n) is 10.4. The van der Waals surface area contributed by atoms with Crippen LogP contribution >= 0.6 is 34.5 Å². The molecule has 1 N–H and O–H groups in total. The zero-order chi connectivity index (χ0) is 21.9. The van der Waals surface area contributed by atoms with E-state index < -0.39 is 0 Å². The van der Waals surface area contributed by atoms with Gasteiger partial charge in [0, 0.05) is 50.2 Å². The number of benzene rings is 1. The second-order valence-electron chi connectivity index (χ2n) is 9.13. The number of nitrogens with one attached hydrogen (secondary N) is 1. The van der Waals surface area contributed by atoms with Crippen LogP contribution in [0.3, 0.4) is 0 Å². The zero-order valence-corrected chi connectivity index (χ0v) is 20.5. The van der Waals surface area contributed by atoms with Crippen molar-refractivity contribution >= 4 is 40.4 Å². The normalized spacial score (nSPS) is 17.1. The van der Waals surface area contributed by atoms with Crippen LogP contribution in [0.2, 0.25) is 10.0 Å². The van der Waals surface area contributed by atoms with E-state index in [2.05, 4.69) is 35.9 Å². The van der Waals surface area contributed by atoms with Crippen LogP contribution in [0.25, 0.3) is 0 Å². The van der Waals surface area contributed by atoms with Gasteiger partial charge in [-0.15, -0.1) is 11.3 Å². The Kier molecular flexibility index (Phi) is 7.86. The summed E-state index contributed by atoms with van der Waals surface area (Å²) < 4.78 is 0. The minimum Gasteiger partial charge on any atom is -0.347 e. The molecule has 1 aliphatic rings. The molecule has 0 bridgehead atoms. The number of carbonyl (C=O) groups is 1. The molecule has 1 aromatic carbocycles. The number of rotatable bonds is 6. The molecule has 0 unspecified atom stereocenters. The first-order valence-corrected chi connectivity index (χ1v) is 11.9. The molecular weight excluding hydrogens is 437 g/mol. The minimum atomic E-state index is -0.0147. The number of amides is 1. The fourth-order valence-corrected chi connectivity index (χ4v) is 4.70. The molecule has 1 aromatic heterocycles. The van der Waals surface area contributed by atoms with Gasteiger partial charge in [-0.1, -0.05) is 50.0 Å². The quantitative estimate of drug-likeness (QED) is 0.623. The highest BCUT2D eigenvalue weighted by atomic mass is 35.5. The molecule has 1 atom stereocenters. The maximum atomic E-state index is 12.7. The van der Waals surface area contributed by atoms with Crippen LogP contribution < -0.4 is 5.32 Å². The van der Waals surface area contributed by atoms with E-state index in [4.69, 9.17) is 23.2 Å².